The number of halogens is 1. The molecule has 8 heteroatoms. The Bertz CT molecular complexity index is 1300. The third-order valence-electron chi connectivity index (χ3n) is 4.88. The van der Waals surface area contributed by atoms with Gasteiger partial charge in [0.15, 0.2) is 0 Å². The standard InChI is InChI=1S/C22H19ClN2O4S/c1-29-15-7-6-13-10-14(21(27)24-17(13)11-15)12-25(8-9-26)22(28)20-19(23)16-4-2-3-5-18(16)30-20/h2-7,10-11,26H,8-9,12H2,1H3,(H,24,27). The number of aliphatic hydroxyl groups excluding tert-OH is 1. The molecule has 2 aromatic heterocycles. The number of fused-ring (bicyclic) bond motifs is 2. The van der Waals surface area contributed by atoms with E-state index in [1.807, 2.05) is 30.3 Å². The summed E-state index contributed by atoms with van der Waals surface area (Å²) in [6.07, 6.45) is 0. The van der Waals surface area contributed by atoms with Gasteiger partial charge >= 0.3 is 0 Å². The molecule has 0 radical (unpaired) electrons. The lowest BCUT2D eigenvalue weighted by molar-refractivity contribution is 0.0712. The molecule has 0 bridgehead atoms. The summed E-state index contributed by atoms with van der Waals surface area (Å²) in [6.45, 7) is -0.0816. The number of ether oxygens (including phenoxy) is 1. The van der Waals surface area contributed by atoms with Crippen LogP contribution in [-0.4, -0.2) is 41.2 Å². The third-order valence-corrected chi connectivity index (χ3v) is 6.54. The lowest BCUT2D eigenvalue weighted by atomic mass is 10.1. The summed E-state index contributed by atoms with van der Waals surface area (Å²) < 4.78 is 6.10. The number of H-pyrrole nitrogens is 1. The lowest BCUT2D eigenvalue weighted by Gasteiger charge is -2.21. The summed E-state index contributed by atoms with van der Waals surface area (Å²) >= 11 is 7.76. The molecule has 4 rings (SSSR count). The number of nitrogens with one attached hydrogen (secondary N) is 1. The van der Waals surface area contributed by atoms with E-state index < -0.39 is 0 Å². The molecular formula is C22H19ClN2O4S. The van der Waals surface area contributed by atoms with Crippen LogP contribution in [0.2, 0.25) is 5.02 Å². The van der Waals surface area contributed by atoms with Gasteiger partial charge in [-0.05, 0) is 29.7 Å². The molecule has 0 fully saturated rings. The molecule has 0 aliphatic carbocycles. The first kappa shape index (κ1) is 20.4. The highest BCUT2D eigenvalue weighted by Crippen LogP contribution is 2.36. The zero-order valence-corrected chi connectivity index (χ0v) is 17.7. The average molecular weight is 443 g/mol. The highest BCUT2D eigenvalue weighted by molar-refractivity contribution is 7.21. The predicted molar refractivity (Wildman–Crippen MR) is 120 cm³/mol. The number of hydrogen-bond acceptors (Lipinski definition) is 5. The predicted octanol–water partition coefficient (Wildman–Crippen LogP) is 4.04. The first-order chi connectivity index (χ1) is 14.5. The van der Waals surface area contributed by atoms with E-state index in [0.717, 1.165) is 15.5 Å². The molecule has 2 heterocycles. The number of aromatic amines is 1. The van der Waals surface area contributed by atoms with Crippen LogP contribution in [0.3, 0.4) is 0 Å². The molecule has 154 valence electrons. The highest BCUT2D eigenvalue weighted by Gasteiger charge is 2.23. The maximum Gasteiger partial charge on any atom is 0.265 e. The van der Waals surface area contributed by atoms with Gasteiger partial charge in [0, 0.05) is 28.3 Å². The van der Waals surface area contributed by atoms with E-state index >= 15 is 0 Å². The number of carbonyl (C=O) groups is 1. The van der Waals surface area contributed by atoms with E-state index in [4.69, 9.17) is 16.3 Å². The lowest BCUT2D eigenvalue weighted by Crippen LogP contribution is -2.34. The molecule has 6 nitrogen and oxygen atoms in total. The second-order valence-electron chi connectivity index (χ2n) is 6.77. The Morgan fingerprint density at radius 3 is 2.77 bits per heavy atom. The third kappa shape index (κ3) is 3.79. The molecule has 2 N–H and O–H groups in total. The summed E-state index contributed by atoms with van der Waals surface area (Å²) in [5.41, 5.74) is 0.774. The fraction of sp³-hybridized carbons (Fsp3) is 0.182. The minimum atomic E-state index is -0.315. The smallest absolute Gasteiger partial charge is 0.265 e. The van der Waals surface area contributed by atoms with E-state index in [1.54, 1.807) is 25.3 Å². The molecule has 2 aromatic carbocycles. The van der Waals surface area contributed by atoms with Crippen molar-refractivity contribution in [1.29, 1.82) is 0 Å². The van der Waals surface area contributed by atoms with Crippen LogP contribution in [0.15, 0.2) is 53.3 Å². The summed E-state index contributed by atoms with van der Waals surface area (Å²) in [7, 11) is 1.56. The Kier molecular flexibility index (Phi) is 5.76. The first-order valence-electron chi connectivity index (χ1n) is 9.29. The van der Waals surface area contributed by atoms with Gasteiger partial charge in [0.1, 0.15) is 10.6 Å². The van der Waals surface area contributed by atoms with Crippen molar-refractivity contribution in [3.05, 3.63) is 74.3 Å². The van der Waals surface area contributed by atoms with Gasteiger partial charge in [0.25, 0.3) is 11.5 Å². The summed E-state index contributed by atoms with van der Waals surface area (Å²) in [5.74, 6) is 0.326. The van der Waals surface area contributed by atoms with Crippen molar-refractivity contribution in [2.75, 3.05) is 20.3 Å². The Morgan fingerprint density at radius 2 is 2.03 bits per heavy atom. The number of carbonyl (C=O) groups excluding carboxylic acids is 1. The number of thiophene rings is 1. The molecule has 0 spiro atoms. The van der Waals surface area contributed by atoms with E-state index in [9.17, 15) is 14.7 Å². The van der Waals surface area contributed by atoms with Crippen LogP contribution >= 0.6 is 22.9 Å². The van der Waals surface area contributed by atoms with E-state index in [2.05, 4.69) is 4.98 Å². The van der Waals surface area contributed by atoms with Crippen LogP contribution < -0.4 is 10.3 Å². The zero-order chi connectivity index (χ0) is 21.3. The molecule has 0 saturated carbocycles. The Hall–Kier alpha value is -2.87. The van der Waals surface area contributed by atoms with Crippen molar-refractivity contribution in [3.8, 4) is 5.75 Å². The van der Waals surface area contributed by atoms with Crippen molar-refractivity contribution >= 4 is 49.8 Å². The van der Waals surface area contributed by atoms with Crippen molar-refractivity contribution in [2.24, 2.45) is 0 Å². The maximum atomic E-state index is 13.2. The summed E-state index contributed by atoms with van der Waals surface area (Å²) in [6, 6.07) is 14.7. The van der Waals surface area contributed by atoms with Gasteiger partial charge in [0.2, 0.25) is 0 Å². The van der Waals surface area contributed by atoms with Gasteiger partial charge in [-0.15, -0.1) is 11.3 Å². The fourth-order valence-electron chi connectivity index (χ4n) is 3.34. The summed E-state index contributed by atoms with van der Waals surface area (Å²) in [5, 5.41) is 11.5. The minimum Gasteiger partial charge on any atom is -0.497 e. The minimum absolute atomic E-state index is 0.0568. The molecule has 0 aliphatic heterocycles. The van der Waals surface area contributed by atoms with Gasteiger partial charge in [-0.2, -0.15) is 0 Å². The van der Waals surface area contributed by atoms with Crippen LogP contribution in [-0.2, 0) is 6.54 Å². The number of amides is 1. The van der Waals surface area contributed by atoms with Gasteiger partial charge in [-0.25, -0.2) is 0 Å². The van der Waals surface area contributed by atoms with Gasteiger partial charge < -0.3 is 19.7 Å². The number of pyridine rings is 1. The van der Waals surface area contributed by atoms with E-state index in [-0.39, 0.29) is 31.2 Å². The van der Waals surface area contributed by atoms with Gasteiger partial charge in [-0.3, -0.25) is 9.59 Å². The number of nitrogens with zero attached hydrogens (tertiary/aromatic N) is 1. The van der Waals surface area contributed by atoms with Crippen molar-refractivity contribution in [2.45, 2.75) is 6.54 Å². The molecule has 0 unspecified atom stereocenters. The van der Waals surface area contributed by atoms with E-state index in [1.165, 1.54) is 16.2 Å². The van der Waals surface area contributed by atoms with Crippen LogP contribution in [0.1, 0.15) is 15.2 Å². The Morgan fingerprint density at radius 1 is 1.23 bits per heavy atom. The Balaban J connectivity index is 1.69. The highest BCUT2D eigenvalue weighted by atomic mass is 35.5. The van der Waals surface area contributed by atoms with E-state index in [0.29, 0.717) is 26.7 Å². The quantitative estimate of drug-likeness (QED) is 0.472. The maximum absolute atomic E-state index is 13.2. The molecule has 30 heavy (non-hydrogen) atoms. The number of benzene rings is 2. The second kappa shape index (κ2) is 8.47. The number of methoxy groups -OCH3 is 1. The number of aromatic nitrogens is 1. The zero-order valence-electron chi connectivity index (χ0n) is 16.1. The number of rotatable bonds is 6. The molecule has 0 atom stereocenters. The molecule has 0 aliphatic rings. The fourth-order valence-corrected chi connectivity index (χ4v) is 4.82. The molecular weight excluding hydrogens is 424 g/mol. The Labute approximate surface area is 181 Å². The molecule has 0 saturated heterocycles. The largest absolute Gasteiger partial charge is 0.497 e. The molecule has 4 aromatic rings. The van der Waals surface area contributed by atoms with Crippen molar-refractivity contribution in [3.63, 3.8) is 0 Å². The van der Waals surface area contributed by atoms with Gasteiger partial charge in [0.05, 0.1) is 30.8 Å². The second-order valence-corrected chi connectivity index (χ2v) is 8.20. The SMILES string of the molecule is COc1ccc2cc(CN(CCO)C(=O)c3sc4ccccc4c3Cl)c(=O)[nH]c2c1. The van der Waals surface area contributed by atoms with Gasteiger partial charge in [-0.1, -0.05) is 29.8 Å². The average Bonchev–Trinajstić information content (AvgIpc) is 3.09. The van der Waals surface area contributed by atoms with Crippen LogP contribution in [0, 0.1) is 0 Å². The normalized spacial score (nSPS) is 11.2. The van der Waals surface area contributed by atoms with Crippen LogP contribution in [0.5, 0.6) is 5.75 Å². The first-order valence-corrected chi connectivity index (χ1v) is 10.5. The monoisotopic (exact) mass is 442 g/mol. The number of hydrogen-bond donors (Lipinski definition) is 2. The van der Waals surface area contributed by atoms with Crippen molar-refractivity contribution in [1.82, 2.24) is 9.88 Å². The number of aliphatic hydroxyl groups is 1. The van der Waals surface area contributed by atoms with Crippen LogP contribution in [0.4, 0.5) is 0 Å². The topological polar surface area (TPSA) is 82.6 Å². The van der Waals surface area contributed by atoms with Crippen LogP contribution in [0.25, 0.3) is 21.0 Å². The molecule has 1 amide bonds. The van der Waals surface area contributed by atoms with Crippen molar-refractivity contribution < 1.29 is 14.6 Å². The summed E-state index contributed by atoms with van der Waals surface area (Å²) in [4.78, 5) is 30.5.